The molecular formula is C24H20FN3O3. The van der Waals surface area contributed by atoms with Gasteiger partial charge in [-0.1, -0.05) is 36.4 Å². The van der Waals surface area contributed by atoms with Crippen molar-refractivity contribution in [2.75, 3.05) is 7.11 Å². The smallest absolute Gasteiger partial charge is 0.311 e. The number of aromatic amines is 1. The van der Waals surface area contributed by atoms with Crippen molar-refractivity contribution >= 4 is 28.1 Å². The zero-order chi connectivity index (χ0) is 22.0. The summed E-state index contributed by atoms with van der Waals surface area (Å²) < 4.78 is 19.4. The average Bonchev–Trinajstić information content (AvgIpc) is 3.10. The van der Waals surface area contributed by atoms with Crippen LogP contribution in [0.1, 0.15) is 18.2 Å². The molecule has 0 spiro atoms. The first-order chi connectivity index (χ1) is 15.0. The SMILES string of the molecule is COC(=O)Cc1[nH]n(-c2ccc(F)cc2)c(=O)c1C(C)=Nc1cccc2ccccc12. The number of rotatable bonds is 5. The molecule has 3 aromatic carbocycles. The highest BCUT2D eigenvalue weighted by molar-refractivity contribution is 6.04. The summed E-state index contributed by atoms with van der Waals surface area (Å²) in [5, 5.41) is 4.94. The van der Waals surface area contributed by atoms with Crippen LogP contribution in [0.5, 0.6) is 0 Å². The number of benzene rings is 3. The second-order valence-electron chi connectivity index (χ2n) is 7.03. The van der Waals surface area contributed by atoms with Crippen molar-refractivity contribution in [1.29, 1.82) is 0 Å². The second kappa shape index (κ2) is 8.39. The van der Waals surface area contributed by atoms with E-state index in [1.165, 1.54) is 36.1 Å². The highest BCUT2D eigenvalue weighted by Crippen LogP contribution is 2.26. The van der Waals surface area contributed by atoms with Gasteiger partial charge in [0.05, 0.1) is 41.9 Å². The maximum absolute atomic E-state index is 13.3. The Kier molecular flexibility index (Phi) is 5.49. The molecule has 156 valence electrons. The number of esters is 1. The van der Waals surface area contributed by atoms with Crippen LogP contribution in [0.4, 0.5) is 10.1 Å². The quantitative estimate of drug-likeness (QED) is 0.388. The molecule has 7 heteroatoms. The molecule has 0 saturated carbocycles. The lowest BCUT2D eigenvalue weighted by Gasteiger charge is -2.04. The highest BCUT2D eigenvalue weighted by Gasteiger charge is 2.20. The number of hydrogen-bond acceptors (Lipinski definition) is 4. The fourth-order valence-corrected chi connectivity index (χ4v) is 3.51. The Hall–Kier alpha value is -4.00. The topological polar surface area (TPSA) is 76.5 Å². The van der Waals surface area contributed by atoms with Crippen LogP contribution < -0.4 is 5.56 Å². The van der Waals surface area contributed by atoms with Gasteiger partial charge < -0.3 is 4.74 Å². The number of halogens is 1. The maximum atomic E-state index is 13.3. The van der Waals surface area contributed by atoms with Gasteiger partial charge >= 0.3 is 5.97 Å². The van der Waals surface area contributed by atoms with Crippen molar-refractivity contribution in [1.82, 2.24) is 9.78 Å². The Morgan fingerprint density at radius 1 is 1.06 bits per heavy atom. The van der Waals surface area contributed by atoms with Gasteiger partial charge in [-0.15, -0.1) is 0 Å². The van der Waals surface area contributed by atoms with Crippen molar-refractivity contribution < 1.29 is 13.9 Å². The minimum absolute atomic E-state index is 0.127. The third-order valence-corrected chi connectivity index (χ3v) is 5.02. The molecule has 0 atom stereocenters. The normalized spacial score (nSPS) is 11.6. The van der Waals surface area contributed by atoms with E-state index in [4.69, 9.17) is 9.73 Å². The zero-order valence-corrected chi connectivity index (χ0v) is 17.1. The second-order valence-corrected chi connectivity index (χ2v) is 7.03. The maximum Gasteiger partial charge on any atom is 0.311 e. The van der Waals surface area contributed by atoms with E-state index in [0.29, 0.717) is 22.8 Å². The van der Waals surface area contributed by atoms with Gasteiger partial charge in [-0.2, -0.15) is 0 Å². The monoisotopic (exact) mass is 417 g/mol. The Morgan fingerprint density at radius 3 is 2.52 bits per heavy atom. The summed E-state index contributed by atoms with van der Waals surface area (Å²) in [4.78, 5) is 29.9. The van der Waals surface area contributed by atoms with Gasteiger partial charge in [-0.05, 0) is 42.6 Å². The summed E-state index contributed by atoms with van der Waals surface area (Å²) in [5.74, 6) is -0.904. The number of carbonyl (C=O) groups is 1. The number of nitrogens with one attached hydrogen (secondary N) is 1. The number of methoxy groups -OCH3 is 1. The van der Waals surface area contributed by atoms with Crippen LogP contribution in [0.15, 0.2) is 76.5 Å². The molecule has 0 bridgehead atoms. The molecule has 0 aliphatic rings. The molecule has 4 aromatic rings. The van der Waals surface area contributed by atoms with E-state index in [1.54, 1.807) is 6.92 Å². The van der Waals surface area contributed by atoms with Crippen LogP contribution in [0.2, 0.25) is 0 Å². The summed E-state index contributed by atoms with van der Waals surface area (Å²) in [6.07, 6.45) is -0.127. The molecule has 1 aromatic heterocycles. The van der Waals surface area contributed by atoms with Crippen molar-refractivity contribution in [2.45, 2.75) is 13.3 Å². The minimum Gasteiger partial charge on any atom is -0.469 e. The lowest BCUT2D eigenvalue weighted by molar-refractivity contribution is -0.139. The van der Waals surface area contributed by atoms with Crippen LogP contribution >= 0.6 is 0 Å². The lowest BCUT2D eigenvalue weighted by atomic mass is 10.1. The van der Waals surface area contributed by atoms with E-state index in [2.05, 4.69) is 5.10 Å². The first-order valence-electron chi connectivity index (χ1n) is 9.68. The Labute approximate surface area is 177 Å². The first kappa shape index (κ1) is 20.3. The van der Waals surface area contributed by atoms with E-state index in [-0.39, 0.29) is 17.5 Å². The molecule has 0 aliphatic carbocycles. The van der Waals surface area contributed by atoms with Crippen molar-refractivity contribution in [3.8, 4) is 5.69 Å². The average molecular weight is 417 g/mol. The molecule has 0 aliphatic heterocycles. The van der Waals surface area contributed by atoms with Gasteiger partial charge in [0.15, 0.2) is 0 Å². The summed E-state index contributed by atoms with van der Waals surface area (Å²) >= 11 is 0. The molecule has 0 radical (unpaired) electrons. The molecule has 0 fully saturated rings. The Bertz CT molecular complexity index is 1350. The molecule has 31 heavy (non-hydrogen) atoms. The van der Waals surface area contributed by atoms with Crippen LogP contribution in [0.3, 0.4) is 0 Å². The number of aliphatic imine (C=N–C) groups is 1. The molecule has 6 nitrogen and oxygen atoms in total. The molecule has 0 unspecified atom stereocenters. The number of nitrogens with zero attached hydrogens (tertiary/aromatic N) is 2. The lowest BCUT2D eigenvalue weighted by Crippen LogP contribution is -2.20. The zero-order valence-electron chi connectivity index (χ0n) is 17.1. The van der Waals surface area contributed by atoms with E-state index in [0.717, 1.165) is 10.8 Å². The van der Waals surface area contributed by atoms with E-state index < -0.39 is 11.8 Å². The number of hydrogen-bond donors (Lipinski definition) is 1. The van der Waals surface area contributed by atoms with Crippen LogP contribution in [0.25, 0.3) is 16.5 Å². The number of fused-ring (bicyclic) bond motifs is 1. The molecule has 0 saturated heterocycles. The summed E-state index contributed by atoms with van der Waals surface area (Å²) in [5.41, 5.74) is 1.89. The van der Waals surface area contributed by atoms with Gasteiger partial charge in [0.1, 0.15) is 5.82 Å². The first-order valence-corrected chi connectivity index (χ1v) is 9.68. The summed E-state index contributed by atoms with van der Waals surface area (Å²) in [6, 6.07) is 19.1. The van der Waals surface area contributed by atoms with Gasteiger partial charge in [0.25, 0.3) is 5.56 Å². The molecule has 1 heterocycles. The largest absolute Gasteiger partial charge is 0.469 e. The van der Waals surface area contributed by atoms with Crippen LogP contribution in [-0.4, -0.2) is 28.6 Å². The minimum atomic E-state index is -0.494. The van der Waals surface area contributed by atoms with E-state index in [1.807, 2.05) is 42.5 Å². The fraction of sp³-hybridized carbons (Fsp3) is 0.125. The van der Waals surface area contributed by atoms with Gasteiger partial charge in [0, 0.05) is 5.39 Å². The molecular weight excluding hydrogens is 397 g/mol. The van der Waals surface area contributed by atoms with Crippen molar-refractivity contribution in [3.63, 3.8) is 0 Å². The van der Waals surface area contributed by atoms with Crippen LogP contribution in [-0.2, 0) is 16.0 Å². The fourth-order valence-electron chi connectivity index (χ4n) is 3.51. The Balaban J connectivity index is 1.87. The van der Waals surface area contributed by atoms with Crippen molar-refractivity contribution in [2.24, 2.45) is 4.99 Å². The van der Waals surface area contributed by atoms with Gasteiger partial charge in [-0.25, -0.2) is 9.07 Å². The van der Waals surface area contributed by atoms with Crippen molar-refractivity contribution in [3.05, 3.63) is 94.2 Å². The summed E-state index contributed by atoms with van der Waals surface area (Å²) in [7, 11) is 1.29. The molecule has 1 N–H and O–H groups in total. The number of aromatic nitrogens is 2. The predicted octanol–water partition coefficient (Wildman–Crippen LogP) is 4.31. The third-order valence-electron chi connectivity index (χ3n) is 5.02. The third kappa shape index (κ3) is 4.02. The van der Waals surface area contributed by atoms with E-state index in [9.17, 15) is 14.0 Å². The van der Waals surface area contributed by atoms with E-state index >= 15 is 0 Å². The van der Waals surface area contributed by atoms with Gasteiger partial charge in [-0.3, -0.25) is 19.7 Å². The summed E-state index contributed by atoms with van der Waals surface area (Å²) in [6.45, 7) is 1.72. The number of H-pyrrole nitrogens is 1. The molecule has 0 amide bonds. The standard InChI is InChI=1S/C24H20FN3O3/c1-15(26-20-9-5-7-16-6-3-4-8-19(16)20)23-21(14-22(29)31-2)27-28(24(23)30)18-12-10-17(25)11-13-18/h3-13,27H,14H2,1-2H3. The predicted molar refractivity (Wildman–Crippen MR) is 118 cm³/mol. The van der Waals surface area contributed by atoms with Crippen LogP contribution in [0, 0.1) is 5.82 Å². The number of carbonyl (C=O) groups excluding carboxylic acids is 1. The molecule has 4 rings (SSSR count). The Morgan fingerprint density at radius 2 is 1.77 bits per heavy atom. The highest BCUT2D eigenvalue weighted by atomic mass is 19.1. The number of ether oxygens (including phenoxy) is 1. The van der Waals surface area contributed by atoms with Gasteiger partial charge in [0.2, 0.25) is 0 Å².